The zero-order valence-corrected chi connectivity index (χ0v) is 13.9. The quantitative estimate of drug-likeness (QED) is 0.575. The molecule has 0 spiro atoms. The van der Waals surface area contributed by atoms with E-state index in [1.54, 1.807) is 0 Å². The summed E-state index contributed by atoms with van der Waals surface area (Å²) in [6.45, 7) is 4.43. The summed E-state index contributed by atoms with van der Waals surface area (Å²) < 4.78 is 0. The van der Waals surface area contributed by atoms with Gasteiger partial charge in [-0.05, 0) is 18.8 Å². The Morgan fingerprint density at radius 3 is 2.05 bits per heavy atom. The van der Waals surface area contributed by atoms with E-state index in [4.69, 9.17) is 23.7 Å². The van der Waals surface area contributed by atoms with Gasteiger partial charge in [0.1, 0.15) is 0 Å². The third kappa shape index (κ3) is 4.66. The second kappa shape index (κ2) is 7.73. The van der Waals surface area contributed by atoms with Gasteiger partial charge in [0, 0.05) is 6.54 Å². The van der Waals surface area contributed by atoms with Gasteiger partial charge in [-0.25, -0.2) is 0 Å². The predicted octanol–water partition coefficient (Wildman–Crippen LogP) is 1.58. The van der Waals surface area contributed by atoms with Crippen molar-refractivity contribution in [3.05, 3.63) is 0 Å². The fraction of sp³-hybridized carbons (Fsp3) is 0.800. The predicted molar refractivity (Wildman–Crippen MR) is 87.5 cm³/mol. The van der Waals surface area contributed by atoms with Gasteiger partial charge >= 0.3 is 0 Å². The van der Waals surface area contributed by atoms with Crippen molar-refractivity contribution in [3.8, 4) is 0 Å². The minimum absolute atomic E-state index is 0.0681. The number of nitrogens with two attached hydrogens (primary N) is 2. The maximum atomic E-state index is 13.0. The number of hydrogen-bond donors (Lipinski definition) is 2. The van der Waals surface area contributed by atoms with Gasteiger partial charge in [-0.1, -0.05) is 51.7 Å². The number of amides is 2. The number of thiocarbonyl (C=S) groups is 1. The van der Waals surface area contributed by atoms with Crippen LogP contribution in [0.15, 0.2) is 0 Å². The maximum absolute atomic E-state index is 13.0. The Morgan fingerprint density at radius 2 is 1.67 bits per heavy atom. The average Bonchev–Trinajstić information content (AvgIpc) is 2.62. The molecule has 1 aliphatic rings. The van der Waals surface area contributed by atoms with Crippen LogP contribution in [0.4, 0.5) is 0 Å². The molecule has 1 fully saturated rings. The molecule has 1 aliphatic carbocycles. The summed E-state index contributed by atoms with van der Waals surface area (Å²) in [5.41, 5.74) is 10.4. The molecule has 120 valence electrons. The zero-order chi connectivity index (χ0) is 16.0. The summed E-state index contributed by atoms with van der Waals surface area (Å²) in [6.07, 6.45) is 5.42. The Hall–Kier alpha value is -1.17. The molecule has 6 heteroatoms. The van der Waals surface area contributed by atoms with E-state index in [1.807, 2.05) is 13.8 Å². The van der Waals surface area contributed by atoms with Gasteiger partial charge in [0.15, 0.2) is 0 Å². The van der Waals surface area contributed by atoms with Crippen LogP contribution >= 0.6 is 12.2 Å². The van der Waals surface area contributed by atoms with E-state index in [1.165, 1.54) is 4.90 Å². The molecular weight excluding hydrogens is 286 g/mol. The van der Waals surface area contributed by atoms with Gasteiger partial charge in [-0.15, -0.1) is 0 Å². The van der Waals surface area contributed by atoms with E-state index in [0.29, 0.717) is 19.4 Å². The van der Waals surface area contributed by atoms with Gasteiger partial charge in [0.05, 0.1) is 16.9 Å². The van der Waals surface area contributed by atoms with Gasteiger partial charge in [-0.2, -0.15) is 0 Å². The molecule has 0 radical (unpaired) electrons. The van der Waals surface area contributed by atoms with Crippen LogP contribution in [-0.2, 0) is 9.59 Å². The molecule has 0 saturated heterocycles. The molecule has 0 unspecified atom stereocenters. The maximum Gasteiger partial charge on any atom is 0.237 e. The second-order valence-corrected chi connectivity index (χ2v) is 6.85. The number of hydrogen-bond acceptors (Lipinski definition) is 3. The number of carbonyl (C=O) groups is 2. The number of carbonyl (C=O) groups excluding carboxylic acids is 2. The van der Waals surface area contributed by atoms with Crippen molar-refractivity contribution in [2.45, 2.75) is 52.4 Å². The molecule has 0 aliphatic heterocycles. The van der Waals surface area contributed by atoms with Gasteiger partial charge in [0.25, 0.3) is 0 Å². The van der Waals surface area contributed by atoms with Crippen molar-refractivity contribution in [1.82, 2.24) is 4.90 Å². The molecule has 2 amide bonds. The molecule has 1 rings (SSSR count). The van der Waals surface area contributed by atoms with Crippen LogP contribution < -0.4 is 11.5 Å². The van der Waals surface area contributed by atoms with Gasteiger partial charge in [0.2, 0.25) is 11.8 Å². The lowest BCUT2D eigenvalue weighted by molar-refractivity contribution is -0.142. The smallest absolute Gasteiger partial charge is 0.237 e. The normalized spacial score (nSPS) is 18.0. The highest BCUT2D eigenvalue weighted by molar-refractivity contribution is 7.80. The molecule has 5 nitrogen and oxygen atoms in total. The summed E-state index contributed by atoms with van der Waals surface area (Å²) in [5.74, 6) is -0.373. The Balaban J connectivity index is 3.04. The van der Waals surface area contributed by atoms with Crippen LogP contribution in [0.1, 0.15) is 52.4 Å². The fourth-order valence-corrected chi connectivity index (χ4v) is 3.34. The standard InChI is InChI=1S/C15H27N3O2S/c1-11(2)9-18(10-12(16)19)14(20)15(13(17)21)7-5-3-4-6-8-15/h11H,3-10H2,1-2H3,(H2,16,19)(H2,17,21). The Labute approximate surface area is 132 Å². The van der Waals surface area contributed by atoms with E-state index < -0.39 is 11.3 Å². The first-order valence-electron chi connectivity index (χ1n) is 7.67. The van der Waals surface area contributed by atoms with Crippen molar-refractivity contribution >= 4 is 29.0 Å². The first-order valence-corrected chi connectivity index (χ1v) is 8.08. The second-order valence-electron chi connectivity index (χ2n) is 6.41. The summed E-state index contributed by atoms with van der Waals surface area (Å²) >= 11 is 5.22. The molecule has 21 heavy (non-hydrogen) atoms. The summed E-state index contributed by atoms with van der Waals surface area (Å²) in [5, 5.41) is 0. The molecule has 0 aromatic heterocycles. The number of nitrogens with zero attached hydrogens (tertiary/aromatic N) is 1. The Kier molecular flexibility index (Phi) is 6.58. The van der Waals surface area contributed by atoms with Crippen LogP contribution in [-0.4, -0.2) is 34.8 Å². The summed E-state index contributed by atoms with van der Waals surface area (Å²) in [4.78, 5) is 26.1. The van der Waals surface area contributed by atoms with Crippen molar-refractivity contribution in [2.24, 2.45) is 22.8 Å². The molecule has 0 aromatic rings. The van der Waals surface area contributed by atoms with Crippen LogP contribution in [0.3, 0.4) is 0 Å². The minimum atomic E-state index is -0.795. The highest BCUT2D eigenvalue weighted by Gasteiger charge is 2.44. The largest absolute Gasteiger partial charge is 0.392 e. The summed E-state index contributed by atoms with van der Waals surface area (Å²) in [7, 11) is 0. The van der Waals surface area contributed by atoms with E-state index in [-0.39, 0.29) is 23.4 Å². The monoisotopic (exact) mass is 313 g/mol. The molecule has 0 heterocycles. The van der Waals surface area contributed by atoms with E-state index >= 15 is 0 Å². The lowest BCUT2D eigenvalue weighted by atomic mass is 9.78. The van der Waals surface area contributed by atoms with Crippen LogP contribution in [0.2, 0.25) is 0 Å². The lowest BCUT2D eigenvalue weighted by Crippen LogP contribution is -2.53. The fourth-order valence-electron chi connectivity index (χ4n) is 3.05. The first kappa shape index (κ1) is 17.9. The lowest BCUT2D eigenvalue weighted by Gasteiger charge is -2.36. The van der Waals surface area contributed by atoms with Crippen LogP contribution in [0.25, 0.3) is 0 Å². The first-order chi connectivity index (χ1) is 9.79. The van der Waals surface area contributed by atoms with Crippen molar-refractivity contribution in [2.75, 3.05) is 13.1 Å². The van der Waals surface area contributed by atoms with Crippen molar-refractivity contribution < 1.29 is 9.59 Å². The SMILES string of the molecule is CC(C)CN(CC(N)=O)C(=O)C1(C(N)=S)CCCCCC1. The van der Waals surface area contributed by atoms with E-state index in [0.717, 1.165) is 25.7 Å². The number of rotatable bonds is 6. The van der Waals surface area contributed by atoms with E-state index in [9.17, 15) is 9.59 Å². The highest BCUT2D eigenvalue weighted by atomic mass is 32.1. The molecule has 4 N–H and O–H groups in total. The summed E-state index contributed by atoms with van der Waals surface area (Å²) in [6, 6.07) is 0. The Morgan fingerprint density at radius 1 is 1.14 bits per heavy atom. The molecule has 0 bridgehead atoms. The Bertz CT molecular complexity index is 402. The number of primary amides is 1. The van der Waals surface area contributed by atoms with Gasteiger partial charge < -0.3 is 16.4 Å². The molecular formula is C15H27N3O2S. The van der Waals surface area contributed by atoms with Crippen LogP contribution in [0, 0.1) is 11.3 Å². The third-order valence-corrected chi connectivity index (χ3v) is 4.45. The van der Waals surface area contributed by atoms with Crippen molar-refractivity contribution in [1.29, 1.82) is 0 Å². The van der Waals surface area contributed by atoms with Crippen molar-refractivity contribution in [3.63, 3.8) is 0 Å². The third-order valence-electron chi connectivity index (χ3n) is 4.06. The van der Waals surface area contributed by atoms with Crippen LogP contribution in [0.5, 0.6) is 0 Å². The minimum Gasteiger partial charge on any atom is -0.392 e. The highest BCUT2D eigenvalue weighted by Crippen LogP contribution is 2.37. The zero-order valence-electron chi connectivity index (χ0n) is 13.1. The van der Waals surface area contributed by atoms with Gasteiger partial charge in [-0.3, -0.25) is 9.59 Å². The molecule has 1 saturated carbocycles. The topological polar surface area (TPSA) is 89.4 Å². The molecule has 0 atom stereocenters. The molecule has 0 aromatic carbocycles. The van der Waals surface area contributed by atoms with E-state index in [2.05, 4.69) is 0 Å². The average molecular weight is 313 g/mol.